The molecule has 0 aromatic carbocycles. The minimum Gasteiger partial charge on any atom is -0.381 e. The molecule has 0 N–H and O–H groups in total. The van der Waals surface area contributed by atoms with Crippen LogP contribution in [-0.4, -0.2) is 37.8 Å². The van der Waals surface area contributed by atoms with E-state index in [0.29, 0.717) is 11.8 Å². The van der Waals surface area contributed by atoms with Crippen molar-refractivity contribution < 1.29 is 4.74 Å². The molecule has 6 nitrogen and oxygen atoms in total. The highest BCUT2D eigenvalue weighted by atomic mass is 16.5. The first kappa shape index (κ1) is 14.3. The molecular weight excluding hydrogens is 266 g/mol. The zero-order valence-electron chi connectivity index (χ0n) is 12.8. The van der Waals surface area contributed by atoms with Crippen LogP contribution >= 0.6 is 0 Å². The monoisotopic (exact) mass is 289 g/mol. The zero-order chi connectivity index (χ0) is 14.7. The van der Waals surface area contributed by atoms with Gasteiger partial charge in [-0.2, -0.15) is 10.2 Å². The Morgan fingerprint density at radius 2 is 2.19 bits per heavy atom. The molecule has 0 bridgehead atoms. The van der Waals surface area contributed by atoms with Crippen molar-refractivity contribution in [2.24, 2.45) is 0 Å². The van der Waals surface area contributed by atoms with E-state index in [2.05, 4.69) is 18.9 Å². The third-order valence-electron chi connectivity index (χ3n) is 4.06. The average molecular weight is 289 g/mol. The van der Waals surface area contributed by atoms with Crippen molar-refractivity contribution in [3.05, 3.63) is 30.1 Å². The van der Waals surface area contributed by atoms with Gasteiger partial charge in [-0.3, -0.25) is 4.68 Å². The van der Waals surface area contributed by atoms with Gasteiger partial charge < -0.3 is 4.74 Å². The fourth-order valence-electron chi connectivity index (χ4n) is 2.87. The van der Waals surface area contributed by atoms with Gasteiger partial charge >= 0.3 is 0 Å². The van der Waals surface area contributed by atoms with Crippen LogP contribution in [0.4, 0.5) is 0 Å². The van der Waals surface area contributed by atoms with E-state index in [1.165, 1.54) is 0 Å². The van der Waals surface area contributed by atoms with Crippen LogP contribution in [-0.2, 0) is 17.8 Å². The third kappa shape index (κ3) is 3.15. The maximum atomic E-state index is 5.43. The molecule has 1 aliphatic heterocycles. The minimum atomic E-state index is 0.297. The third-order valence-corrected chi connectivity index (χ3v) is 4.06. The molecule has 21 heavy (non-hydrogen) atoms. The standard InChI is InChI=1S/C15H23N5O/c1-3-20-15(12(2)11-19-8-4-7-16-19)17-14(18-20)13-5-9-21-10-6-13/h4,7-8,12-13H,3,5-6,9-11H2,1-2H3/t12-/m1/s1. The van der Waals surface area contributed by atoms with E-state index in [4.69, 9.17) is 14.8 Å². The first-order valence-corrected chi connectivity index (χ1v) is 7.77. The van der Waals surface area contributed by atoms with E-state index in [0.717, 1.165) is 50.8 Å². The number of rotatable bonds is 5. The number of hydrogen-bond acceptors (Lipinski definition) is 4. The molecule has 1 atom stereocenters. The number of ether oxygens (including phenoxy) is 1. The Morgan fingerprint density at radius 1 is 1.38 bits per heavy atom. The van der Waals surface area contributed by atoms with E-state index in [1.807, 2.05) is 27.8 Å². The molecule has 0 saturated carbocycles. The van der Waals surface area contributed by atoms with Gasteiger partial charge in [0.05, 0.1) is 6.54 Å². The fraction of sp³-hybridized carbons (Fsp3) is 0.667. The maximum absolute atomic E-state index is 5.43. The largest absolute Gasteiger partial charge is 0.381 e. The van der Waals surface area contributed by atoms with Gasteiger partial charge in [0.15, 0.2) is 5.82 Å². The van der Waals surface area contributed by atoms with E-state index in [1.54, 1.807) is 0 Å². The fourth-order valence-corrected chi connectivity index (χ4v) is 2.87. The quantitative estimate of drug-likeness (QED) is 0.846. The normalized spacial score (nSPS) is 18.0. The molecule has 0 spiro atoms. The van der Waals surface area contributed by atoms with Gasteiger partial charge in [-0.25, -0.2) is 9.67 Å². The summed E-state index contributed by atoms with van der Waals surface area (Å²) < 4.78 is 9.42. The summed E-state index contributed by atoms with van der Waals surface area (Å²) in [5.41, 5.74) is 0. The minimum absolute atomic E-state index is 0.297. The molecule has 2 aromatic rings. The lowest BCUT2D eigenvalue weighted by Crippen LogP contribution is -2.15. The van der Waals surface area contributed by atoms with Crippen molar-refractivity contribution in [2.45, 2.75) is 51.6 Å². The molecule has 0 amide bonds. The van der Waals surface area contributed by atoms with Gasteiger partial charge in [0.1, 0.15) is 5.82 Å². The molecular formula is C15H23N5O. The van der Waals surface area contributed by atoms with Crippen molar-refractivity contribution in [1.82, 2.24) is 24.5 Å². The van der Waals surface area contributed by atoms with Crippen LogP contribution < -0.4 is 0 Å². The van der Waals surface area contributed by atoms with Gasteiger partial charge in [-0.05, 0) is 25.8 Å². The second-order valence-electron chi connectivity index (χ2n) is 5.66. The Kier molecular flexibility index (Phi) is 4.34. The molecule has 0 unspecified atom stereocenters. The molecule has 3 heterocycles. The van der Waals surface area contributed by atoms with E-state index in [9.17, 15) is 0 Å². The van der Waals surface area contributed by atoms with Crippen LogP contribution in [0.5, 0.6) is 0 Å². The maximum Gasteiger partial charge on any atom is 0.154 e. The topological polar surface area (TPSA) is 57.8 Å². The average Bonchev–Trinajstić information content (AvgIpc) is 3.17. The summed E-state index contributed by atoms with van der Waals surface area (Å²) >= 11 is 0. The molecule has 114 valence electrons. The molecule has 0 radical (unpaired) electrons. The lowest BCUT2D eigenvalue weighted by atomic mass is 10.00. The summed E-state index contributed by atoms with van der Waals surface area (Å²) in [6, 6.07) is 1.95. The Bertz CT molecular complexity index is 557. The van der Waals surface area contributed by atoms with Gasteiger partial charge in [-0.15, -0.1) is 0 Å². The lowest BCUT2D eigenvalue weighted by Gasteiger charge is -2.18. The summed E-state index contributed by atoms with van der Waals surface area (Å²) in [5.74, 6) is 2.80. The Morgan fingerprint density at radius 3 is 2.86 bits per heavy atom. The van der Waals surface area contributed by atoms with Crippen molar-refractivity contribution in [3.63, 3.8) is 0 Å². The lowest BCUT2D eigenvalue weighted by molar-refractivity contribution is 0.0835. The summed E-state index contributed by atoms with van der Waals surface area (Å²) in [6.07, 6.45) is 5.86. The summed E-state index contributed by atoms with van der Waals surface area (Å²) in [5, 5.41) is 9.00. The van der Waals surface area contributed by atoms with Crippen molar-refractivity contribution in [1.29, 1.82) is 0 Å². The molecule has 1 aliphatic rings. The molecule has 2 aromatic heterocycles. The second-order valence-corrected chi connectivity index (χ2v) is 5.66. The predicted octanol–water partition coefficient (Wildman–Crippen LogP) is 2.19. The number of hydrogen-bond donors (Lipinski definition) is 0. The Balaban J connectivity index is 1.78. The van der Waals surface area contributed by atoms with Crippen molar-refractivity contribution in [2.75, 3.05) is 13.2 Å². The molecule has 6 heteroatoms. The van der Waals surface area contributed by atoms with Gasteiger partial charge in [-0.1, -0.05) is 6.92 Å². The van der Waals surface area contributed by atoms with Crippen LogP contribution in [0.2, 0.25) is 0 Å². The van der Waals surface area contributed by atoms with E-state index >= 15 is 0 Å². The SMILES string of the molecule is CCn1nc(C2CCOCC2)nc1[C@H](C)Cn1cccn1. The van der Waals surface area contributed by atoms with Crippen molar-refractivity contribution in [3.8, 4) is 0 Å². The predicted molar refractivity (Wildman–Crippen MR) is 79.1 cm³/mol. The molecule has 3 rings (SSSR count). The van der Waals surface area contributed by atoms with Crippen molar-refractivity contribution >= 4 is 0 Å². The highest BCUT2D eigenvalue weighted by Crippen LogP contribution is 2.26. The van der Waals surface area contributed by atoms with Gasteiger partial charge in [0.2, 0.25) is 0 Å². The summed E-state index contributed by atoms with van der Waals surface area (Å²) in [4.78, 5) is 4.84. The smallest absolute Gasteiger partial charge is 0.154 e. The number of nitrogens with zero attached hydrogens (tertiary/aromatic N) is 5. The van der Waals surface area contributed by atoms with Gasteiger partial charge in [0.25, 0.3) is 0 Å². The first-order chi connectivity index (χ1) is 10.3. The van der Waals surface area contributed by atoms with Gasteiger partial charge in [0, 0.05) is 44.0 Å². The molecule has 1 saturated heterocycles. The highest BCUT2D eigenvalue weighted by molar-refractivity contribution is 5.04. The Labute approximate surface area is 125 Å². The zero-order valence-corrected chi connectivity index (χ0v) is 12.8. The molecule has 1 fully saturated rings. The first-order valence-electron chi connectivity index (χ1n) is 7.77. The highest BCUT2D eigenvalue weighted by Gasteiger charge is 2.23. The van der Waals surface area contributed by atoms with Crippen LogP contribution in [0.3, 0.4) is 0 Å². The molecule has 0 aliphatic carbocycles. The number of aromatic nitrogens is 5. The van der Waals surface area contributed by atoms with E-state index < -0.39 is 0 Å². The van der Waals surface area contributed by atoms with Crippen LogP contribution in [0, 0.1) is 0 Å². The van der Waals surface area contributed by atoms with E-state index in [-0.39, 0.29) is 0 Å². The van der Waals surface area contributed by atoms with Crippen LogP contribution in [0.1, 0.15) is 50.2 Å². The summed E-state index contributed by atoms with van der Waals surface area (Å²) in [6.45, 7) is 7.64. The van der Waals surface area contributed by atoms with Crippen LogP contribution in [0.25, 0.3) is 0 Å². The Hall–Kier alpha value is -1.69. The van der Waals surface area contributed by atoms with Crippen LogP contribution in [0.15, 0.2) is 18.5 Å². The summed E-state index contributed by atoms with van der Waals surface area (Å²) in [7, 11) is 0. The number of aryl methyl sites for hydroxylation is 1. The second kappa shape index (κ2) is 6.39.